The average Bonchev–Trinajstić information content (AvgIpc) is 0.763. The summed E-state index contributed by atoms with van der Waals surface area (Å²) in [7, 11) is 0. The van der Waals surface area contributed by atoms with E-state index in [1.54, 1.807) is 0 Å². The van der Waals surface area contributed by atoms with Gasteiger partial charge in [0.2, 0.25) is 11.8 Å². The maximum Gasteiger partial charge on any atom is 0.217 e. The van der Waals surface area contributed by atoms with Gasteiger partial charge >= 0.3 is 0 Å². The van der Waals surface area contributed by atoms with E-state index in [2.05, 4.69) is 10.6 Å². The summed E-state index contributed by atoms with van der Waals surface area (Å²) in [5.74, 6) is -1.80. The minimum Gasteiger partial charge on any atom is -0.394 e. The Kier molecular flexibility index (Phi) is 37.7. The Balaban J connectivity index is 0.951. The number of carbonyl (C=O) groups excluding carboxylic acids is 2. The van der Waals surface area contributed by atoms with Crippen molar-refractivity contribution >= 4 is 11.8 Å². The molecule has 0 aromatic carbocycles. The van der Waals surface area contributed by atoms with Gasteiger partial charge in [-0.05, 0) is 0 Å². The fourth-order valence-electron chi connectivity index (χ4n) is 16.5. The van der Waals surface area contributed by atoms with Gasteiger partial charge in [-0.1, -0.05) is 0 Å². The van der Waals surface area contributed by atoms with E-state index in [0.717, 1.165) is 13.8 Å². The molecule has 0 unspecified atom stereocenters. The van der Waals surface area contributed by atoms with Gasteiger partial charge in [-0.3, -0.25) is 9.59 Å². The molecule has 11 saturated heterocycles. The normalized spacial score (nSPS) is 51.7. The van der Waals surface area contributed by atoms with Crippen LogP contribution in [0.4, 0.5) is 0 Å². The van der Waals surface area contributed by atoms with Gasteiger partial charge in [-0.2, -0.15) is 0 Å². The van der Waals surface area contributed by atoms with Gasteiger partial charge in [-0.25, -0.2) is 0 Å². The summed E-state index contributed by atoms with van der Waals surface area (Å²) in [6.45, 7) is -10.7. The zero-order valence-corrected chi connectivity index (χ0v) is 67.7. The minimum atomic E-state index is -2.74. The minimum absolute atomic E-state index is 0.816. The van der Waals surface area contributed by atoms with E-state index in [1.165, 1.54) is 0 Å². The average molecular weight is 1880 g/mol. The highest BCUT2D eigenvalue weighted by molar-refractivity contribution is 5.73. The molecule has 11 fully saturated rings. The van der Waals surface area contributed by atoms with Crippen LogP contribution < -0.4 is 10.6 Å². The van der Waals surface area contributed by atoms with Crippen LogP contribution in [0, 0.1) is 0 Å². The molecule has 58 nitrogen and oxygen atoms in total. The Bertz CT molecular complexity index is 3380. The number of amides is 2. The predicted octanol–water partition coefficient (Wildman–Crippen LogP) is -24.7. The summed E-state index contributed by atoms with van der Waals surface area (Å²) < 4.78 is 123. The van der Waals surface area contributed by atoms with Crippen molar-refractivity contribution in [3.05, 3.63) is 0 Å². The van der Waals surface area contributed by atoms with Crippen molar-refractivity contribution in [3.8, 4) is 0 Å². The number of nitrogens with one attached hydrogen (secondary N) is 2. The molecular weight excluding hydrogens is 1760 g/mol. The van der Waals surface area contributed by atoms with E-state index in [0.29, 0.717) is 0 Å². The second-order valence-electron chi connectivity index (χ2n) is 32.3. The largest absolute Gasteiger partial charge is 0.394 e. The third-order valence-electron chi connectivity index (χ3n) is 23.8. The number of ether oxygens (including phenoxy) is 21. The zero-order chi connectivity index (χ0) is 94.0. The summed E-state index contributed by atoms with van der Waals surface area (Å²) in [4.78, 5) is 25.3. The summed E-state index contributed by atoms with van der Waals surface area (Å²) in [6, 6.07) is -3.67. The van der Waals surface area contributed by atoms with Crippen LogP contribution in [0.15, 0.2) is 0 Å². The first kappa shape index (κ1) is 105. The number of rotatable bonds is 33. The van der Waals surface area contributed by atoms with Crippen molar-refractivity contribution in [3.63, 3.8) is 0 Å². The fraction of sp³-hybridized carbons (Fsp3) is 0.971. The van der Waals surface area contributed by atoms with E-state index in [1.807, 2.05) is 0 Å². The lowest BCUT2D eigenvalue weighted by Crippen LogP contribution is -2.70. The Hall–Kier alpha value is -3.22. The first-order valence-electron chi connectivity index (χ1n) is 40.7. The Morgan fingerprint density at radius 2 is 0.430 bits per heavy atom. The smallest absolute Gasteiger partial charge is 0.217 e. The van der Waals surface area contributed by atoms with E-state index >= 15 is 0 Å². The van der Waals surface area contributed by atoms with Gasteiger partial charge in [-0.15, -0.1) is 0 Å². The van der Waals surface area contributed by atoms with Crippen LogP contribution in [0.5, 0.6) is 0 Å². The molecule has 0 saturated carbocycles. The van der Waals surface area contributed by atoms with E-state index < -0.39 is 422 Å². The molecule has 58 heteroatoms. The second kappa shape index (κ2) is 45.8. The number of hydrogen-bond acceptors (Lipinski definition) is 56. The van der Waals surface area contributed by atoms with Crippen LogP contribution in [0.3, 0.4) is 0 Å². The first-order chi connectivity index (χ1) is 60.7. The predicted molar refractivity (Wildman–Crippen MR) is 386 cm³/mol. The molecule has 0 bridgehead atoms. The number of hydrogen-bond donors (Lipinski definition) is 35. The summed E-state index contributed by atoms with van der Waals surface area (Å²) in [5, 5.41) is 373. The molecule has 744 valence electrons. The van der Waals surface area contributed by atoms with Gasteiger partial charge in [0.1, 0.15) is 268 Å². The van der Waals surface area contributed by atoms with Crippen LogP contribution in [-0.2, 0) is 109 Å². The number of aliphatic hydroxyl groups excluding tert-OH is 33. The van der Waals surface area contributed by atoms with Crippen molar-refractivity contribution in [2.45, 2.75) is 351 Å². The topological polar surface area (TPSA) is 920 Å². The molecule has 11 rings (SSSR count). The highest BCUT2D eigenvalue weighted by Crippen LogP contribution is 2.42. The standard InChI is InChI=1S/C70H118N2O56/c1-14(82)71-27-38(93)52(23(10-80)110-60(27)107)121-61-28(72-15(2)83)39(94)53(24(11-81)118-61)122-67-51(106)56(37(92)26(119-67)13-108-62-46(101)40(95)29(84)16(3-73)111-62)125-70-59(128-69-58(44(99)33(88)20(7-77)117-69)127-66-50(105)55(36(91)22(9-79)115-66)124-64-48(103)42(97)31(86)18(5-75)113-64)45(100)34(89)25(120-70)12-109-68-57(43(98)32(87)19(6-76)116-68)126-65-49(104)54(35(90)21(8-78)114-65)123-63-47(102)41(96)30(85)17(4-74)112-63/h16-70,73-81,84-107H,3-13H2,1-2H3,(H,71,82)(H,72,83)/t16-,17-,18-,19-,20-,21-,22-,23-,24-,25-,26-,27-,28-,29-,30-,31-,32-,33-,34-,35-,36-,37-,38-,39-,40+,41+,42+,43+,44+,45+,46+,47+,48+,49+,50+,51+,52-,53-,54+,55+,56+,57+,58+,59+,60-,61+,62+,63-,64-,65-,66-,67+,68+,69-,70-/m1/s1. The van der Waals surface area contributed by atoms with E-state index in [-0.39, 0.29) is 0 Å². The monoisotopic (exact) mass is 1880 g/mol. The molecule has 11 aliphatic rings. The van der Waals surface area contributed by atoms with Crippen LogP contribution >= 0.6 is 0 Å². The van der Waals surface area contributed by atoms with Crippen LogP contribution in [0.2, 0.25) is 0 Å². The van der Waals surface area contributed by atoms with Crippen LogP contribution in [0.1, 0.15) is 13.8 Å². The van der Waals surface area contributed by atoms with Crippen molar-refractivity contribution in [2.75, 3.05) is 72.7 Å². The van der Waals surface area contributed by atoms with Gasteiger partial charge < -0.3 is 279 Å². The van der Waals surface area contributed by atoms with Crippen molar-refractivity contribution in [1.82, 2.24) is 10.6 Å². The SMILES string of the molecule is CC(=O)N[C@@H]1[C@@H](O)[C@H](O[C@@H]2O[C@H](CO)[C@@H](O[C@@H]3O[C@H](CO[C@H]4O[C@H](CO)[C@@H](O)[C@H](O)[C@@H]4O)[C@@H](O)[C@H](O[C@H]4O[C@H](CO[C@H]5O[C@H](CO)[C@@H](O)[C@H](O)[C@@H]5O[C@H]5O[C@H](CO)[C@@H](O)[C@H](O[C@H]6O[C@H](CO)[C@@H](O)[C@H](O)[C@@H]6O)[C@@H]5O)[C@@H](O)[C@H](O)[C@@H]4O[C@H]4O[C@H](CO)[C@@H](O)[C@H](O)[C@@H]4O[C@H]4O[C@H](CO)[C@@H](O)[C@H](O[C@H]5O[C@H](CO)[C@@H](O)[C@H](O)[C@@H]5O)[C@@H]4O)[C@@H]3O)[C@H](O)[C@H]2NC(C)=O)[C@@H](CO)O[C@H]1O. The lowest BCUT2D eigenvalue weighted by molar-refractivity contribution is -0.413. The molecule has 0 spiro atoms. The maximum absolute atomic E-state index is 13.1. The lowest BCUT2D eigenvalue weighted by Gasteiger charge is -2.51. The quantitative estimate of drug-likeness (QED) is 0.0290. The Morgan fingerprint density at radius 3 is 0.820 bits per heavy atom. The van der Waals surface area contributed by atoms with E-state index in [9.17, 15) is 178 Å². The molecule has 0 aromatic rings. The summed E-state index contributed by atoms with van der Waals surface area (Å²) >= 11 is 0. The van der Waals surface area contributed by atoms with E-state index in [4.69, 9.17) is 99.5 Å². The molecule has 0 aromatic heterocycles. The van der Waals surface area contributed by atoms with Gasteiger partial charge in [0, 0.05) is 13.8 Å². The second-order valence-corrected chi connectivity index (χ2v) is 32.3. The molecule has 0 aliphatic carbocycles. The molecule has 128 heavy (non-hydrogen) atoms. The third-order valence-corrected chi connectivity index (χ3v) is 23.8. The first-order valence-corrected chi connectivity index (χ1v) is 40.7. The third kappa shape index (κ3) is 22.5. The lowest BCUT2D eigenvalue weighted by atomic mass is 9.94. The van der Waals surface area contributed by atoms with Gasteiger partial charge in [0.25, 0.3) is 0 Å². The summed E-state index contributed by atoms with van der Waals surface area (Å²) in [5.41, 5.74) is 0. The molecule has 0 radical (unpaired) electrons. The molecule has 11 aliphatic heterocycles. The molecule has 11 heterocycles. The molecule has 35 N–H and O–H groups in total. The Morgan fingerprint density at radius 1 is 0.203 bits per heavy atom. The maximum atomic E-state index is 13.1. The van der Waals surface area contributed by atoms with Crippen molar-refractivity contribution in [2.24, 2.45) is 0 Å². The summed E-state index contributed by atoms with van der Waals surface area (Å²) in [6.07, 6.45) is -117. The highest BCUT2D eigenvalue weighted by Gasteiger charge is 2.63. The van der Waals surface area contributed by atoms with Crippen LogP contribution in [-0.4, -0.2) is 591 Å². The van der Waals surface area contributed by atoms with Crippen molar-refractivity contribution < 1.29 is 278 Å². The molecular formula is C70H118N2O56. The fourth-order valence-corrected chi connectivity index (χ4v) is 16.5. The number of carbonyl (C=O) groups is 2. The van der Waals surface area contributed by atoms with Crippen LogP contribution in [0.25, 0.3) is 0 Å². The van der Waals surface area contributed by atoms with Crippen molar-refractivity contribution in [1.29, 1.82) is 0 Å². The Labute approximate surface area is 722 Å². The molecule has 2 amide bonds. The van der Waals surface area contributed by atoms with Gasteiger partial charge in [0.15, 0.2) is 69.2 Å². The van der Waals surface area contributed by atoms with Gasteiger partial charge in [0.05, 0.1) is 72.7 Å². The highest BCUT2D eigenvalue weighted by atomic mass is 16.8. The number of aliphatic hydroxyl groups is 33. The zero-order valence-electron chi connectivity index (χ0n) is 67.7. The molecule has 55 atom stereocenters.